The molecule has 3 rings (SSSR count). The first-order valence-electron chi connectivity index (χ1n) is 10.8. The number of likely N-dealkylation sites (tertiary alicyclic amines) is 1. The maximum Gasteiger partial charge on any atom is 0.198 e. The minimum Gasteiger partial charge on any atom is -0.343 e. The third-order valence-corrected chi connectivity index (χ3v) is 5.72. The number of hydrogen-bond donors (Lipinski definition) is 1. The highest BCUT2D eigenvalue weighted by atomic mass is 15.3. The number of nitrogens with zero attached hydrogens (tertiary/aromatic N) is 4. The lowest BCUT2D eigenvalue weighted by Crippen LogP contribution is -2.47. The fourth-order valence-corrected chi connectivity index (χ4v) is 4.00. The summed E-state index contributed by atoms with van der Waals surface area (Å²) in [4.78, 5) is 12.6. The molecule has 27 heavy (non-hydrogen) atoms. The van der Waals surface area contributed by atoms with Gasteiger partial charge in [-0.15, -0.1) is 0 Å². The lowest BCUT2D eigenvalue weighted by molar-refractivity contribution is 0.125. The third-order valence-electron chi connectivity index (χ3n) is 5.72. The lowest BCUT2D eigenvalue weighted by Gasteiger charge is -2.35. The Morgan fingerprint density at radius 3 is 2.30 bits per heavy atom. The number of piperazine rings is 1. The van der Waals surface area contributed by atoms with Crippen molar-refractivity contribution in [2.75, 3.05) is 64.2 Å². The van der Waals surface area contributed by atoms with Gasteiger partial charge in [-0.25, -0.2) is 0 Å². The Balaban J connectivity index is 1.55. The Bertz CT molecular complexity index is 559. The first kappa shape index (κ1) is 20.2. The zero-order valence-electron chi connectivity index (χ0n) is 17.2. The van der Waals surface area contributed by atoms with Crippen molar-refractivity contribution in [1.82, 2.24) is 14.7 Å². The van der Waals surface area contributed by atoms with Crippen molar-refractivity contribution in [2.45, 2.75) is 33.1 Å². The van der Waals surface area contributed by atoms with E-state index >= 15 is 0 Å². The van der Waals surface area contributed by atoms with Crippen LogP contribution in [-0.2, 0) is 0 Å². The lowest BCUT2D eigenvalue weighted by atomic mass is 10.1. The summed E-state index contributed by atoms with van der Waals surface area (Å²) in [6, 6.07) is 10.5. The van der Waals surface area contributed by atoms with Crippen LogP contribution in [-0.4, -0.2) is 79.6 Å². The highest BCUT2D eigenvalue weighted by molar-refractivity contribution is 5.93. The van der Waals surface area contributed by atoms with Crippen LogP contribution in [0.4, 0.5) is 5.69 Å². The van der Waals surface area contributed by atoms with Crippen molar-refractivity contribution in [1.29, 1.82) is 0 Å². The van der Waals surface area contributed by atoms with E-state index in [-0.39, 0.29) is 0 Å². The Morgan fingerprint density at radius 2 is 1.63 bits per heavy atom. The van der Waals surface area contributed by atoms with Crippen molar-refractivity contribution in [3.63, 3.8) is 0 Å². The number of para-hydroxylation sites is 1. The maximum absolute atomic E-state index is 5.03. The number of rotatable bonds is 6. The van der Waals surface area contributed by atoms with E-state index in [0.717, 1.165) is 37.8 Å². The molecule has 1 N–H and O–H groups in total. The van der Waals surface area contributed by atoms with E-state index in [1.54, 1.807) is 0 Å². The number of benzene rings is 1. The molecule has 2 aliphatic heterocycles. The van der Waals surface area contributed by atoms with Gasteiger partial charge in [0.1, 0.15) is 0 Å². The fraction of sp³-hybridized carbons (Fsp3) is 0.682. The highest BCUT2D eigenvalue weighted by Crippen LogP contribution is 2.13. The van der Waals surface area contributed by atoms with Crippen LogP contribution < -0.4 is 5.32 Å². The van der Waals surface area contributed by atoms with Crippen molar-refractivity contribution >= 4 is 11.6 Å². The van der Waals surface area contributed by atoms with Gasteiger partial charge in [-0.3, -0.25) is 4.99 Å². The molecular weight excluding hydrogens is 334 g/mol. The van der Waals surface area contributed by atoms with Crippen molar-refractivity contribution in [2.24, 2.45) is 10.9 Å². The molecule has 0 amide bonds. The molecule has 0 aliphatic carbocycles. The minimum atomic E-state index is 0.579. The molecule has 2 fully saturated rings. The van der Waals surface area contributed by atoms with E-state index < -0.39 is 0 Å². The molecule has 2 heterocycles. The van der Waals surface area contributed by atoms with Gasteiger partial charge < -0.3 is 20.0 Å². The molecule has 1 unspecified atom stereocenters. The van der Waals surface area contributed by atoms with Crippen LogP contribution in [0.3, 0.4) is 0 Å². The van der Waals surface area contributed by atoms with E-state index in [1.807, 2.05) is 0 Å². The summed E-state index contributed by atoms with van der Waals surface area (Å²) < 4.78 is 0. The van der Waals surface area contributed by atoms with Crippen LogP contribution in [0.15, 0.2) is 35.3 Å². The normalized spacial score (nSPS) is 21.3. The van der Waals surface area contributed by atoms with Gasteiger partial charge in [-0.1, -0.05) is 32.0 Å². The van der Waals surface area contributed by atoms with Crippen LogP contribution in [0, 0.1) is 5.92 Å². The van der Waals surface area contributed by atoms with E-state index in [0.29, 0.717) is 5.92 Å². The number of piperidine rings is 1. The second kappa shape index (κ2) is 10.7. The smallest absolute Gasteiger partial charge is 0.198 e. The Morgan fingerprint density at radius 1 is 0.963 bits per heavy atom. The minimum absolute atomic E-state index is 0.579. The summed E-state index contributed by atoms with van der Waals surface area (Å²) in [6.45, 7) is 14.9. The van der Waals surface area contributed by atoms with Crippen LogP contribution in [0.1, 0.15) is 33.1 Å². The molecule has 5 heteroatoms. The number of nitrogens with one attached hydrogen (secondary N) is 1. The SMILES string of the molecule is CCN1CCN(CC(C)CN=C(Nc2ccccc2)N2CCCCC2)CC1. The Hall–Kier alpha value is -1.59. The molecule has 0 aromatic heterocycles. The van der Waals surface area contributed by atoms with Gasteiger partial charge in [0, 0.05) is 58.0 Å². The molecule has 1 atom stereocenters. The number of aliphatic imine (C=N–C) groups is 1. The summed E-state index contributed by atoms with van der Waals surface area (Å²) in [5.41, 5.74) is 1.13. The van der Waals surface area contributed by atoms with Crippen LogP contribution in [0.25, 0.3) is 0 Å². The van der Waals surface area contributed by atoms with Crippen molar-refractivity contribution in [3.8, 4) is 0 Å². The predicted molar refractivity (Wildman–Crippen MR) is 116 cm³/mol. The average molecular weight is 372 g/mol. The first-order valence-corrected chi connectivity index (χ1v) is 10.8. The first-order chi connectivity index (χ1) is 13.2. The summed E-state index contributed by atoms with van der Waals surface area (Å²) in [5, 5.41) is 3.58. The van der Waals surface area contributed by atoms with Crippen LogP contribution in [0.5, 0.6) is 0 Å². The Kier molecular flexibility index (Phi) is 7.96. The molecule has 1 aromatic carbocycles. The van der Waals surface area contributed by atoms with E-state index in [1.165, 1.54) is 52.0 Å². The summed E-state index contributed by atoms with van der Waals surface area (Å²) in [5.74, 6) is 1.64. The van der Waals surface area contributed by atoms with Gasteiger partial charge >= 0.3 is 0 Å². The van der Waals surface area contributed by atoms with E-state index in [4.69, 9.17) is 4.99 Å². The fourth-order valence-electron chi connectivity index (χ4n) is 4.00. The standard InChI is InChI=1S/C22H37N5/c1-3-25-14-16-26(17-15-25)19-20(2)18-23-22(27-12-8-5-9-13-27)24-21-10-6-4-7-11-21/h4,6-7,10-11,20H,3,5,8-9,12-19H2,1-2H3,(H,23,24). The largest absolute Gasteiger partial charge is 0.343 e. The number of guanidine groups is 1. The van der Waals surface area contributed by atoms with Crippen molar-refractivity contribution < 1.29 is 0 Å². The maximum atomic E-state index is 5.03. The number of likely N-dealkylation sites (N-methyl/N-ethyl adjacent to an activating group) is 1. The molecule has 1 aromatic rings. The molecule has 2 aliphatic rings. The van der Waals surface area contributed by atoms with E-state index in [9.17, 15) is 0 Å². The van der Waals surface area contributed by atoms with E-state index in [2.05, 4.69) is 64.2 Å². The topological polar surface area (TPSA) is 34.1 Å². The second-order valence-corrected chi connectivity index (χ2v) is 8.04. The predicted octanol–water partition coefficient (Wildman–Crippen LogP) is 3.21. The highest BCUT2D eigenvalue weighted by Gasteiger charge is 2.18. The van der Waals surface area contributed by atoms with Gasteiger partial charge in [0.25, 0.3) is 0 Å². The molecule has 150 valence electrons. The summed E-state index contributed by atoms with van der Waals surface area (Å²) >= 11 is 0. The molecular formula is C22H37N5. The molecule has 0 saturated carbocycles. The number of hydrogen-bond acceptors (Lipinski definition) is 3. The molecule has 0 radical (unpaired) electrons. The molecule has 2 saturated heterocycles. The third kappa shape index (κ3) is 6.51. The van der Waals surface area contributed by atoms with Crippen LogP contribution in [0.2, 0.25) is 0 Å². The second-order valence-electron chi connectivity index (χ2n) is 8.04. The number of anilines is 1. The average Bonchev–Trinajstić information content (AvgIpc) is 2.73. The summed E-state index contributed by atoms with van der Waals surface area (Å²) in [7, 11) is 0. The van der Waals surface area contributed by atoms with Gasteiger partial charge in [0.2, 0.25) is 0 Å². The van der Waals surface area contributed by atoms with Crippen LogP contribution >= 0.6 is 0 Å². The summed E-state index contributed by atoms with van der Waals surface area (Å²) in [6.07, 6.45) is 3.88. The Labute approximate surface area is 165 Å². The van der Waals surface area contributed by atoms with Gasteiger partial charge in [0.05, 0.1) is 0 Å². The van der Waals surface area contributed by atoms with Gasteiger partial charge in [0.15, 0.2) is 5.96 Å². The zero-order chi connectivity index (χ0) is 18.9. The molecule has 0 spiro atoms. The zero-order valence-corrected chi connectivity index (χ0v) is 17.2. The van der Waals surface area contributed by atoms with Gasteiger partial charge in [-0.05, 0) is 43.9 Å². The monoisotopic (exact) mass is 371 g/mol. The molecule has 0 bridgehead atoms. The van der Waals surface area contributed by atoms with Gasteiger partial charge in [-0.2, -0.15) is 0 Å². The van der Waals surface area contributed by atoms with Crippen molar-refractivity contribution in [3.05, 3.63) is 30.3 Å². The molecule has 5 nitrogen and oxygen atoms in total. The quantitative estimate of drug-likeness (QED) is 0.615.